The summed E-state index contributed by atoms with van der Waals surface area (Å²) >= 11 is 11.8. The number of aliphatic imine (C=N–C) groups is 1. The Labute approximate surface area is 175 Å². The van der Waals surface area contributed by atoms with Crippen molar-refractivity contribution in [1.82, 2.24) is 15.5 Å². The second-order valence-electron chi connectivity index (χ2n) is 6.37. The predicted octanol–water partition coefficient (Wildman–Crippen LogP) is 2.57. The minimum atomic E-state index is -0.217. The molecule has 28 heavy (non-hydrogen) atoms. The molecule has 2 N–H and O–H groups in total. The average Bonchev–Trinajstić information content (AvgIpc) is 2.70. The number of benzene rings is 1. The number of rotatable bonds is 6. The van der Waals surface area contributed by atoms with Crippen LogP contribution in [0.4, 0.5) is 0 Å². The zero-order valence-corrected chi connectivity index (χ0v) is 17.6. The molecule has 1 aromatic rings. The van der Waals surface area contributed by atoms with Gasteiger partial charge in [-0.15, -0.1) is 0 Å². The molecule has 1 aromatic carbocycles. The van der Waals surface area contributed by atoms with Crippen molar-refractivity contribution in [3.63, 3.8) is 0 Å². The molecule has 0 aromatic heterocycles. The van der Waals surface area contributed by atoms with E-state index in [1.165, 1.54) is 0 Å². The van der Waals surface area contributed by atoms with E-state index in [1.54, 1.807) is 25.2 Å². The van der Waals surface area contributed by atoms with E-state index < -0.39 is 0 Å². The molecule has 9 heteroatoms. The number of esters is 1. The van der Waals surface area contributed by atoms with Gasteiger partial charge in [-0.25, -0.2) is 0 Å². The van der Waals surface area contributed by atoms with Crippen molar-refractivity contribution in [2.45, 2.75) is 19.8 Å². The van der Waals surface area contributed by atoms with Crippen molar-refractivity contribution in [2.75, 3.05) is 39.8 Å². The van der Waals surface area contributed by atoms with E-state index in [-0.39, 0.29) is 17.8 Å². The van der Waals surface area contributed by atoms with Crippen LogP contribution in [0.25, 0.3) is 0 Å². The molecule has 0 unspecified atom stereocenters. The van der Waals surface area contributed by atoms with Crippen molar-refractivity contribution in [1.29, 1.82) is 0 Å². The summed E-state index contributed by atoms with van der Waals surface area (Å²) in [5, 5.41) is 6.82. The van der Waals surface area contributed by atoms with Gasteiger partial charge in [0.1, 0.15) is 0 Å². The van der Waals surface area contributed by atoms with Gasteiger partial charge < -0.3 is 20.3 Å². The number of guanidine groups is 1. The largest absolute Gasteiger partial charge is 0.466 e. The normalized spacial score (nSPS) is 15.3. The van der Waals surface area contributed by atoms with Crippen LogP contribution in [-0.4, -0.2) is 62.6 Å². The second-order valence-corrected chi connectivity index (χ2v) is 7.19. The highest BCUT2D eigenvalue weighted by atomic mass is 35.5. The number of amides is 1. The lowest BCUT2D eigenvalue weighted by Gasteiger charge is -2.33. The van der Waals surface area contributed by atoms with Gasteiger partial charge in [-0.3, -0.25) is 14.6 Å². The summed E-state index contributed by atoms with van der Waals surface area (Å²) in [6.45, 7) is 4.65. The maximum atomic E-state index is 12.2. The molecular weight excluding hydrogens is 403 g/mol. The Kier molecular flexibility index (Phi) is 8.86. The SMILES string of the molecule is CCOC(=O)C1CCN(C(=NC)NCCNC(=O)c2ccc(Cl)c(Cl)c2)CC1. The Morgan fingerprint density at radius 1 is 1.18 bits per heavy atom. The molecule has 1 aliphatic heterocycles. The average molecular weight is 429 g/mol. The number of ether oxygens (including phenoxy) is 1. The molecule has 1 heterocycles. The number of hydrogen-bond donors (Lipinski definition) is 2. The van der Waals surface area contributed by atoms with Gasteiger partial charge in [0.05, 0.1) is 22.6 Å². The van der Waals surface area contributed by atoms with Crippen LogP contribution in [0.1, 0.15) is 30.1 Å². The number of nitrogens with one attached hydrogen (secondary N) is 2. The van der Waals surface area contributed by atoms with Gasteiger partial charge >= 0.3 is 5.97 Å². The predicted molar refractivity (Wildman–Crippen MR) is 111 cm³/mol. The summed E-state index contributed by atoms with van der Waals surface area (Å²) in [6.07, 6.45) is 1.49. The highest BCUT2D eigenvalue weighted by molar-refractivity contribution is 6.42. The fraction of sp³-hybridized carbons (Fsp3) is 0.526. The maximum absolute atomic E-state index is 12.2. The Morgan fingerprint density at radius 3 is 2.46 bits per heavy atom. The summed E-state index contributed by atoms with van der Waals surface area (Å²) in [6, 6.07) is 4.77. The standard InChI is InChI=1S/C19H26Cl2N4O3/c1-3-28-18(27)13-6-10-25(11-7-13)19(22-2)24-9-8-23-17(26)14-4-5-15(20)16(21)12-14/h4-5,12-13H,3,6-11H2,1-2H3,(H,22,24)(H,23,26). The maximum Gasteiger partial charge on any atom is 0.309 e. The van der Waals surface area contributed by atoms with Crippen molar-refractivity contribution < 1.29 is 14.3 Å². The number of piperidine rings is 1. The van der Waals surface area contributed by atoms with E-state index in [2.05, 4.69) is 20.5 Å². The van der Waals surface area contributed by atoms with Crippen LogP contribution in [-0.2, 0) is 9.53 Å². The van der Waals surface area contributed by atoms with E-state index >= 15 is 0 Å². The van der Waals surface area contributed by atoms with E-state index in [4.69, 9.17) is 27.9 Å². The summed E-state index contributed by atoms with van der Waals surface area (Å²) < 4.78 is 5.10. The Balaban J connectivity index is 1.73. The number of nitrogens with zero attached hydrogens (tertiary/aromatic N) is 2. The minimum absolute atomic E-state index is 0.0419. The number of carbonyl (C=O) groups excluding carboxylic acids is 2. The lowest BCUT2D eigenvalue weighted by Crippen LogP contribution is -2.48. The first-order valence-corrected chi connectivity index (χ1v) is 10.1. The van der Waals surface area contributed by atoms with Gasteiger partial charge in [0.15, 0.2) is 5.96 Å². The topological polar surface area (TPSA) is 83.0 Å². The van der Waals surface area contributed by atoms with Gasteiger partial charge in [0, 0.05) is 38.8 Å². The first-order chi connectivity index (χ1) is 13.5. The molecule has 0 atom stereocenters. The van der Waals surface area contributed by atoms with Gasteiger partial charge in [0.2, 0.25) is 0 Å². The molecule has 0 radical (unpaired) electrons. The fourth-order valence-electron chi connectivity index (χ4n) is 3.01. The summed E-state index contributed by atoms with van der Waals surface area (Å²) in [5.74, 6) is 0.381. The van der Waals surface area contributed by atoms with Crippen molar-refractivity contribution >= 4 is 41.0 Å². The van der Waals surface area contributed by atoms with Crippen LogP contribution in [0, 0.1) is 5.92 Å². The van der Waals surface area contributed by atoms with Gasteiger partial charge in [0.25, 0.3) is 5.91 Å². The smallest absolute Gasteiger partial charge is 0.309 e. The quantitative estimate of drug-likeness (QED) is 0.314. The first kappa shape index (κ1) is 22.3. The molecule has 0 aliphatic carbocycles. The third kappa shape index (κ3) is 6.27. The zero-order chi connectivity index (χ0) is 20.5. The molecule has 0 saturated carbocycles. The van der Waals surface area contributed by atoms with Crippen molar-refractivity contribution in [3.8, 4) is 0 Å². The monoisotopic (exact) mass is 428 g/mol. The zero-order valence-electron chi connectivity index (χ0n) is 16.1. The minimum Gasteiger partial charge on any atom is -0.466 e. The number of hydrogen-bond acceptors (Lipinski definition) is 4. The Morgan fingerprint density at radius 2 is 1.86 bits per heavy atom. The molecule has 1 aliphatic rings. The lowest BCUT2D eigenvalue weighted by molar-refractivity contribution is -0.149. The molecule has 1 saturated heterocycles. The van der Waals surface area contributed by atoms with Gasteiger partial charge in [-0.2, -0.15) is 0 Å². The number of carbonyl (C=O) groups is 2. The van der Waals surface area contributed by atoms with Crippen LogP contribution >= 0.6 is 23.2 Å². The van der Waals surface area contributed by atoms with Crippen LogP contribution in [0.2, 0.25) is 10.0 Å². The van der Waals surface area contributed by atoms with E-state index in [1.807, 2.05) is 6.92 Å². The summed E-state index contributed by atoms with van der Waals surface area (Å²) in [5.41, 5.74) is 0.458. The fourth-order valence-corrected chi connectivity index (χ4v) is 3.31. The van der Waals surface area contributed by atoms with E-state index in [0.717, 1.165) is 31.9 Å². The highest BCUT2D eigenvalue weighted by Crippen LogP contribution is 2.22. The Hall–Kier alpha value is -1.99. The van der Waals surface area contributed by atoms with E-state index in [0.29, 0.717) is 35.3 Å². The van der Waals surface area contributed by atoms with Crippen molar-refractivity contribution in [2.24, 2.45) is 10.9 Å². The second kappa shape index (κ2) is 11.1. The molecule has 0 spiro atoms. The molecule has 0 bridgehead atoms. The van der Waals surface area contributed by atoms with Crippen LogP contribution in [0.5, 0.6) is 0 Å². The summed E-state index contributed by atoms with van der Waals surface area (Å²) in [7, 11) is 1.72. The van der Waals surface area contributed by atoms with Gasteiger partial charge in [-0.05, 0) is 38.0 Å². The number of halogens is 2. The van der Waals surface area contributed by atoms with Crippen LogP contribution in [0.3, 0.4) is 0 Å². The van der Waals surface area contributed by atoms with Gasteiger partial charge in [-0.1, -0.05) is 23.2 Å². The number of likely N-dealkylation sites (tertiary alicyclic amines) is 1. The molecule has 1 amide bonds. The van der Waals surface area contributed by atoms with Crippen molar-refractivity contribution in [3.05, 3.63) is 33.8 Å². The third-order valence-corrected chi connectivity index (χ3v) is 5.24. The highest BCUT2D eigenvalue weighted by Gasteiger charge is 2.27. The molecule has 2 rings (SSSR count). The molecular formula is C19H26Cl2N4O3. The summed E-state index contributed by atoms with van der Waals surface area (Å²) in [4.78, 5) is 30.4. The third-order valence-electron chi connectivity index (χ3n) is 4.50. The van der Waals surface area contributed by atoms with Crippen LogP contribution < -0.4 is 10.6 Å². The van der Waals surface area contributed by atoms with Crippen LogP contribution in [0.15, 0.2) is 23.2 Å². The molecule has 1 fully saturated rings. The Bertz CT molecular complexity index is 719. The lowest BCUT2D eigenvalue weighted by atomic mass is 9.97. The molecule has 7 nitrogen and oxygen atoms in total. The first-order valence-electron chi connectivity index (χ1n) is 9.31. The van der Waals surface area contributed by atoms with E-state index in [9.17, 15) is 9.59 Å². The molecule has 154 valence electrons.